The summed E-state index contributed by atoms with van der Waals surface area (Å²) in [6, 6.07) is 0. The summed E-state index contributed by atoms with van der Waals surface area (Å²) in [5, 5.41) is 0. The van der Waals surface area contributed by atoms with Crippen molar-refractivity contribution in [1.29, 1.82) is 0 Å². The second kappa shape index (κ2) is 2.19. The van der Waals surface area contributed by atoms with Gasteiger partial charge in [0.15, 0.2) is 0 Å². The Balaban J connectivity index is 2.58. The summed E-state index contributed by atoms with van der Waals surface area (Å²) in [7, 11) is 0. The van der Waals surface area contributed by atoms with E-state index in [1.54, 1.807) is 6.33 Å². The van der Waals surface area contributed by atoms with Crippen molar-refractivity contribution < 1.29 is 0 Å². The van der Waals surface area contributed by atoms with Crippen LogP contribution in [-0.2, 0) is 6.42 Å². The fourth-order valence-corrected chi connectivity index (χ4v) is 1.68. The lowest BCUT2D eigenvalue weighted by Gasteiger charge is -2.04. The van der Waals surface area contributed by atoms with E-state index in [2.05, 4.69) is 16.9 Å². The van der Waals surface area contributed by atoms with E-state index in [4.69, 9.17) is 5.73 Å². The highest BCUT2D eigenvalue weighted by Crippen LogP contribution is 2.33. The van der Waals surface area contributed by atoms with Gasteiger partial charge in [0.2, 0.25) is 0 Å². The van der Waals surface area contributed by atoms with Crippen LogP contribution in [0.3, 0.4) is 0 Å². The van der Waals surface area contributed by atoms with Crippen molar-refractivity contribution in [3.63, 3.8) is 0 Å². The topological polar surface area (TPSA) is 51.8 Å². The van der Waals surface area contributed by atoms with E-state index in [0.717, 1.165) is 18.5 Å². The van der Waals surface area contributed by atoms with Crippen LogP contribution in [-0.4, -0.2) is 9.97 Å². The Morgan fingerprint density at radius 1 is 1.55 bits per heavy atom. The molecule has 3 heteroatoms. The molecule has 0 spiro atoms. The molecule has 0 bridgehead atoms. The molecule has 0 amide bonds. The first-order valence-corrected chi connectivity index (χ1v) is 3.88. The minimum Gasteiger partial charge on any atom is -0.383 e. The molecule has 1 aliphatic carbocycles. The van der Waals surface area contributed by atoms with Crippen LogP contribution in [0, 0.1) is 0 Å². The Bertz CT molecular complexity index is 283. The van der Waals surface area contributed by atoms with E-state index in [1.165, 1.54) is 5.56 Å². The second-order valence-electron chi connectivity index (χ2n) is 3.06. The lowest BCUT2D eigenvalue weighted by atomic mass is 10.1. The number of hydrogen-bond acceptors (Lipinski definition) is 3. The molecular formula is C8H11N3. The van der Waals surface area contributed by atoms with Crippen molar-refractivity contribution >= 4 is 5.82 Å². The zero-order valence-electron chi connectivity index (χ0n) is 6.54. The van der Waals surface area contributed by atoms with Gasteiger partial charge in [-0.25, -0.2) is 9.97 Å². The van der Waals surface area contributed by atoms with Gasteiger partial charge in [0, 0.05) is 11.3 Å². The molecule has 1 aliphatic rings. The molecule has 1 aromatic heterocycles. The Morgan fingerprint density at radius 3 is 3.09 bits per heavy atom. The summed E-state index contributed by atoms with van der Waals surface area (Å²) >= 11 is 0. The van der Waals surface area contributed by atoms with Crippen LogP contribution in [0.4, 0.5) is 5.82 Å². The highest BCUT2D eigenvalue weighted by molar-refractivity contribution is 5.46. The third kappa shape index (κ3) is 0.878. The third-order valence-electron chi connectivity index (χ3n) is 2.30. The predicted molar refractivity (Wildman–Crippen MR) is 43.2 cm³/mol. The summed E-state index contributed by atoms with van der Waals surface area (Å²) in [5.41, 5.74) is 8.03. The van der Waals surface area contributed by atoms with Gasteiger partial charge in [-0.3, -0.25) is 0 Å². The van der Waals surface area contributed by atoms with Gasteiger partial charge in [-0.2, -0.15) is 0 Å². The van der Waals surface area contributed by atoms with E-state index < -0.39 is 0 Å². The van der Waals surface area contributed by atoms with Crippen molar-refractivity contribution in [3.05, 3.63) is 17.6 Å². The predicted octanol–water partition coefficient (Wildman–Crippen LogP) is 1.11. The van der Waals surface area contributed by atoms with Gasteiger partial charge in [0.1, 0.15) is 12.1 Å². The van der Waals surface area contributed by atoms with Crippen LogP contribution in [0.2, 0.25) is 0 Å². The lowest BCUT2D eigenvalue weighted by Crippen LogP contribution is -2.00. The molecule has 0 saturated carbocycles. The van der Waals surface area contributed by atoms with E-state index >= 15 is 0 Å². The summed E-state index contributed by atoms with van der Waals surface area (Å²) < 4.78 is 0. The molecule has 11 heavy (non-hydrogen) atoms. The molecule has 1 heterocycles. The zero-order chi connectivity index (χ0) is 7.84. The van der Waals surface area contributed by atoms with Crippen LogP contribution in [0.1, 0.15) is 30.5 Å². The molecule has 1 unspecified atom stereocenters. The number of nitrogens with zero attached hydrogens (tertiary/aromatic N) is 2. The van der Waals surface area contributed by atoms with Crippen LogP contribution in [0.5, 0.6) is 0 Å². The minimum absolute atomic E-state index is 0.547. The van der Waals surface area contributed by atoms with Crippen LogP contribution < -0.4 is 5.73 Å². The molecule has 2 N–H and O–H groups in total. The number of nitrogen functional groups attached to an aromatic ring is 1. The fourth-order valence-electron chi connectivity index (χ4n) is 1.68. The maximum absolute atomic E-state index is 5.71. The summed E-state index contributed by atoms with van der Waals surface area (Å²) in [6.07, 6.45) is 3.77. The standard InChI is InChI=1S/C8H11N3/c1-5-2-3-6-7(5)8(9)11-4-10-6/h4-5H,2-3H2,1H3,(H2,9,10,11). The third-order valence-corrected chi connectivity index (χ3v) is 2.30. The molecule has 1 aromatic rings. The summed E-state index contributed by atoms with van der Waals surface area (Å²) in [4.78, 5) is 8.15. The van der Waals surface area contributed by atoms with Crippen LogP contribution in [0.25, 0.3) is 0 Å². The first-order valence-electron chi connectivity index (χ1n) is 3.88. The molecule has 58 valence electrons. The van der Waals surface area contributed by atoms with Gasteiger partial charge < -0.3 is 5.73 Å². The highest BCUT2D eigenvalue weighted by atomic mass is 14.9. The molecule has 0 fully saturated rings. The maximum atomic E-state index is 5.71. The Kier molecular flexibility index (Phi) is 1.31. The monoisotopic (exact) mass is 149 g/mol. The lowest BCUT2D eigenvalue weighted by molar-refractivity contribution is 0.746. The van der Waals surface area contributed by atoms with Crippen molar-refractivity contribution in [2.24, 2.45) is 0 Å². The second-order valence-corrected chi connectivity index (χ2v) is 3.06. The molecule has 3 nitrogen and oxygen atoms in total. The van der Waals surface area contributed by atoms with Gasteiger partial charge in [-0.15, -0.1) is 0 Å². The van der Waals surface area contributed by atoms with Crippen molar-refractivity contribution in [1.82, 2.24) is 9.97 Å². The van der Waals surface area contributed by atoms with Crippen molar-refractivity contribution in [2.75, 3.05) is 5.73 Å². The smallest absolute Gasteiger partial charge is 0.130 e. The quantitative estimate of drug-likeness (QED) is 0.601. The number of aromatic nitrogens is 2. The van der Waals surface area contributed by atoms with E-state index in [9.17, 15) is 0 Å². The number of nitrogens with two attached hydrogens (primary N) is 1. The molecule has 0 saturated heterocycles. The molecule has 2 rings (SSSR count). The summed E-state index contributed by atoms with van der Waals surface area (Å²) in [5.74, 6) is 1.21. The van der Waals surface area contributed by atoms with E-state index in [-0.39, 0.29) is 0 Å². The van der Waals surface area contributed by atoms with Gasteiger partial charge in [0.05, 0.1) is 0 Å². The van der Waals surface area contributed by atoms with Gasteiger partial charge in [-0.05, 0) is 18.8 Å². The van der Waals surface area contributed by atoms with Gasteiger partial charge in [0.25, 0.3) is 0 Å². The largest absolute Gasteiger partial charge is 0.383 e. The van der Waals surface area contributed by atoms with Crippen LogP contribution in [0.15, 0.2) is 6.33 Å². The molecule has 0 aliphatic heterocycles. The Hall–Kier alpha value is -1.12. The zero-order valence-corrected chi connectivity index (χ0v) is 6.54. The van der Waals surface area contributed by atoms with Gasteiger partial charge in [-0.1, -0.05) is 6.92 Å². The van der Waals surface area contributed by atoms with Gasteiger partial charge >= 0.3 is 0 Å². The first kappa shape index (κ1) is 6.58. The molecule has 0 radical (unpaired) electrons. The average molecular weight is 149 g/mol. The molecule has 0 aromatic carbocycles. The highest BCUT2D eigenvalue weighted by Gasteiger charge is 2.22. The number of hydrogen-bond donors (Lipinski definition) is 1. The SMILES string of the molecule is CC1CCc2ncnc(N)c21. The number of aryl methyl sites for hydroxylation is 1. The minimum atomic E-state index is 0.547. The van der Waals surface area contributed by atoms with Crippen LogP contribution >= 0.6 is 0 Å². The number of anilines is 1. The Morgan fingerprint density at radius 2 is 2.36 bits per heavy atom. The number of rotatable bonds is 0. The normalized spacial score (nSPS) is 21.7. The fraction of sp³-hybridized carbons (Fsp3) is 0.500. The first-order chi connectivity index (χ1) is 5.29. The van der Waals surface area contributed by atoms with Crippen molar-refractivity contribution in [3.8, 4) is 0 Å². The Labute approximate surface area is 65.7 Å². The average Bonchev–Trinajstić information content (AvgIpc) is 2.34. The summed E-state index contributed by atoms with van der Waals surface area (Å²) in [6.45, 7) is 2.17. The molecule has 1 atom stereocenters. The van der Waals surface area contributed by atoms with Crippen molar-refractivity contribution in [2.45, 2.75) is 25.7 Å². The number of fused-ring (bicyclic) bond motifs is 1. The maximum Gasteiger partial charge on any atom is 0.130 e. The van der Waals surface area contributed by atoms with E-state index in [0.29, 0.717) is 11.7 Å². The van der Waals surface area contributed by atoms with E-state index in [1.807, 2.05) is 0 Å². The molecular weight excluding hydrogens is 138 g/mol.